The average molecular weight is 264 g/mol. The van der Waals surface area contributed by atoms with Crippen molar-refractivity contribution < 1.29 is 0 Å². The fourth-order valence-corrected chi connectivity index (χ4v) is 3.77. The highest BCUT2D eigenvalue weighted by atomic mass is 32.2. The summed E-state index contributed by atoms with van der Waals surface area (Å²) in [6, 6.07) is 8.74. The lowest BCUT2D eigenvalue weighted by Crippen LogP contribution is -2.37. The van der Waals surface area contributed by atoms with Gasteiger partial charge in [0.2, 0.25) is 0 Å². The summed E-state index contributed by atoms with van der Waals surface area (Å²) in [5, 5.41) is 0.820. The van der Waals surface area contributed by atoms with Crippen LogP contribution in [0.25, 0.3) is 0 Å². The van der Waals surface area contributed by atoms with E-state index in [1.165, 1.54) is 36.4 Å². The van der Waals surface area contributed by atoms with E-state index in [4.69, 9.17) is 5.73 Å². The van der Waals surface area contributed by atoms with Crippen molar-refractivity contribution in [3.05, 3.63) is 35.4 Å². The van der Waals surface area contributed by atoms with Crippen LogP contribution in [0.5, 0.6) is 0 Å². The Balaban J connectivity index is 1.99. The Morgan fingerprint density at radius 2 is 2.11 bits per heavy atom. The number of nitrogens with zero attached hydrogens (tertiary/aromatic N) is 1. The predicted molar refractivity (Wildman–Crippen MR) is 81.0 cm³/mol. The summed E-state index contributed by atoms with van der Waals surface area (Å²) in [6.45, 7) is 6.58. The Labute approximate surface area is 115 Å². The Morgan fingerprint density at radius 3 is 2.83 bits per heavy atom. The van der Waals surface area contributed by atoms with Gasteiger partial charge in [-0.1, -0.05) is 31.2 Å². The first-order chi connectivity index (χ1) is 8.83. The summed E-state index contributed by atoms with van der Waals surface area (Å²) in [6.07, 6.45) is 2.28. The summed E-state index contributed by atoms with van der Waals surface area (Å²) in [7, 11) is 0. The summed E-state index contributed by atoms with van der Waals surface area (Å²) in [4.78, 5) is 2.60. The third-order valence-corrected chi connectivity index (χ3v) is 4.98. The zero-order valence-corrected chi connectivity index (χ0v) is 12.1. The smallest absolute Gasteiger partial charge is 0.0237 e. The molecule has 3 heteroatoms. The van der Waals surface area contributed by atoms with Crippen LogP contribution in [0.3, 0.4) is 0 Å². The van der Waals surface area contributed by atoms with Gasteiger partial charge in [0.25, 0.3) is 0 Å². The van der Waals surface area contributed by atoms with Crippen molar-refractivity contribution in [1.82, 2.24) is 4.90 Å². The fourth-order valence-electron chi connectivity index (χ4n) is 2.52. The third-order valence-electron chi connectivity index (χ3n) is 3.60. The maximum atomic E-state index is 5.69. The molecular weight excluding hydrogens is 240 g/mol. The largest absolute Gasteiger partial charge is 0.330 e. The van der Waals surface area contributed by atoms with E-state index in [-0.39, 0.29) is 0 Å². The van der Waals surface area contributed by atoms with Crippen LogP contribution in [0.2, 0.25) is 0 Å². The van der Waals surface area contributed by atoms with Gasteiger partial charge in [-0.2, -0.15) is 11.8 Å². The van der Waals surface area contributed by atoms with E-state index in [0.29, 0.717) is 0 Å². The van der Waals surface area contributed by atoms with Crippen LogP contribution in [-0.4, -0.2) is 35.5 Å². The Hall–Kier alpha value is -0.510. The summed E-state index contributed by atoms with van der Waals surface area (Å²) < 4.78 is 0. The lowest BCUT2D eigenvalue weighted by Gasteiger charge is -2.32. The molecule has 2 N–H and O–H groups in total. The molecule has 1 saturated heterocycles. The monoisotopic (exact) mass is 264 g/mol. The second-order valence-corrected chi connectivity index (χ2v) is 6.35. The number of thioether (sulfide) groups is 1. The van der Waals surface area contributed by atoms with Gasteiger partial charge in [-0.15, -0.1) is 0 Å². The van der Waals surface area contributed by atoms with Crippen LogP contribution in [0.1, 0.15) is 24.5 Å². The van der Waals surface area contributed by atoms with Crippen LogP contribution in [0, 0.1) is 0 Å². The first-order valence-electron chi connectivity index (χ1n) is 6.94. The molecule has 1 aromatic rings. The number of hydrogen-bond acceptors (Lipinski definition) is 3. The van der Waals surface area contributed by atoms with Crippen molar-refractivity contribution >= 4 is 11.8 Å². The Morgan fingerprint density at radius 1 is 1.33 bits per heavy atom. The van der Waals surface area contributed by atoms with E-state index < -0.39 is 0 Å². The molecule has 0 amide bonds. The van der Waals surface area contributed by atoms with Gasteiger partial charge >= 0.3 is 0 Å². The third kappa shape index (κ3) is 3.74. The molecule has 2 rings (SSSR count). The van der Waals surface area contributed by atoms with Gasteiger partial charge in [-0.25, -0.2) is 0 Å². The average Bonchev–Trinajstić information content (AvgIpc) is 2.41. The predicted octanol–water partition coefficient (Wildman–Crippen LogP) is 2.52. The van der Waals surface area contributed by atoms with Crippen LogP contribution in [0.4, 0.5) is 0 Å². The molecule has 18 heavy (non-hydrogen) atoms. The number of benzene rings is 1. The van der Waals surface area contributed by atoms with Gasteiger partial charge < -0.3 is 5.73 Å². The molecule has 1 heterocycles. The molecule has 1 atom stereocenters. The fraction of sp³-hybridized carbons (Fsp3) is 0.600. The minimum atomic E-state index is 0.741. The van der Waals surface area contributed by atoms with Crippen molar-refractivity contribution in [1.29, 1.82) is 0 Å². The first-order valence-corrected chi connectivity index (χ1v) is 7.99. The maximum Gasteiger partial charge on any atom is 0.0237 e. The van der Waals surface area contributed by atoms with E-state index in [9.17, 15) is 0 Å². The normalized spacial score (nSPS) is 21.1. The molecule has 0 aromatic heterocycles. The molecule has 1 unspecified atom stereocenters. The van der Waals surface area contributed by atoms with Gasteiger partial charge in [0.1, 0.15) is 0 Å². The SMILES string of the molecule is CCC1CN(Cc2ccccc2CCN)CCS1. The Bertz CT molecular complexity index is 367. The molecule has 1 aliphatic rings. The molecule has 0 saturated carbocycles. The van der Waals surface area contributed by atoms with E-state index in [1.54, 1.807) is 0 Å². The zero-order valence-electron chi connectivity index (χ0n) is 11.3. The second kappa shape index (κ2) is 7.17. The lowest BCUT2D eigenvalue weighted by molar-refractivity contribution is 0.272. The number of nitrogens with two attached hydrogens (primary N) is 1. The quantitative estimate of drug-likeness (QED) is 0.886. The van der Waals surface area contributed by atoms with Crippen molar-refractivity contribution in [3.63, 3.8) is 0 Å². The molecule has 0 aliphatic carbocycles. The standard InChI is InChI=1S/C15H24N2S/c1-2-15-12-17(9-10-18-15)11-14-6-4-3-5-13(14)7-8-16/h3-6,15H,2,7-12,16H2,1H3. The van der Waals surface area contributed by atoms with Gasteiger partial charge in [-0.3, -0.25) is 4.90 Å². The topological polar surface area (TPSA) is 29.3 Å². The van der Waals surface area contributed by atoms with Crippen molar-refractivity contribution in [2.75, 3.05) is 25.4 Å². The molecule has 1 aliphatic heterocycles. The van der Waals surface area contributed by atoms with Crippen molar-refractivity contribution in [3.8, 4) is 0 Å². The number of hydrogen-bond donors (Lipinski definition) is 1. The van der Waals surface area contributed by atoms with Crippen molar-refractivity contribution in [2.24, 2.45) is 5.73 Å². The van der Waals surface area contributed by atoms with Crippen LogP contribution in [-0.2, 0) is 13.0 Å². The molecular formula is C15H24N2S. The molecule has 1 aromatic carbocycles. The molecule has 0 radical (unpaired) electrons. The van der Waals surface area contributed by atoms with Gasteiger partial charge in [0.05, 0.1) is 0 Å². The van der Waals surface area contributed by atoms with Crippen molar-refractivity contribution in [2.45, 2.75) is 31.6 Å². The molecule has 2 nitrogen and oxygen atoms in total. The van der Waals surface area contributed by atoms with Gasteiger partial charge in [0.15, 0.2) is 0 Å². The second-order valence-electron chi connectivity index (χ2n) is 4.94. The zero-order chi connectivity index (χ0) is 12.8. The number of rotatable bonds is 5. The molecule has 0 spiro atoms. The molecule has 1 fully saturated rings. The molecule has 0 bridgehead atoms. The maximum absolute atomic E-state index is 5.69. The van der Waals surface area contributed by atoms with Gasteiger partial charge in [-0.05, 0) is 30.5 Å². The van der Waals surface area contributed by atoms with Crippen LogP contribution < -0.4 is 5.73 Å². The Kier molecular flexibility index (Phi) is 5.54. The van der Waals surface area contributed by atoms with E-state index in [1.807, 2.05) is 0 Å². The minimum absolute atomic E-state index is 0.741. The van der Waals surface area contributed by atoms with E-state index in [0.717, 1.165) is 24.8 Å². The van der Waals surface area contributed by atoms with Crippen LogP contribution in [0.15, 0.2) is 24.3 Å². The highest BCUT2D eigenvalue weighted by Crippen LogP contribution is 2.23. The van der Waals surface area contributed by atoms with E-state index >= 15 is 0 Å². The minimum Gasteiger partial charge on any atom is -0.330 e. The van der Waals surface area contributed by atoms with Gasteiger partial charge in [0, 0.05) is 30.6 Å². The lowest BCUT2D eigenvalue weighted by atomic mass is 10.0. The highest BCUT2D eigenvalue weighted by Gasteiger charge is 2.19. The van der Waals surface area contributed by atoms with E-state index in [2.05, 4.69) is 47.9 Å². The van der Waals surface area contributed by atoms with Crippen LogP contribution >= 0.6 is 11.8 Å². The first kappa shape index (κ1) is 13.9. The summed E-state index contributed by atoms with van der Waals surface area (Å²) in [5.41, 5.74) is 8.57. The summed E-state index contributed by atoms with van der Waals surface area (Å²) in [5.74, 6) is 1.28. The highest BCUT2D eigenvalue weighted by molar-refractivity contribution is 8.00. The molecule has 100 valence electrons. The summed E-state index contributed by atoms with van der Waals surface area (Å²) >= 11 is 2.13.